The number of esters is 1. The topological polar surface area (TPSA) is 94.4 Å². The summed E-state index contributed by atoms with van der Waals surface area (Å²) in [6.45, 7) is 1.63. The monoisotopic (exact) mass is 390 g/mol. The first-order chi connectivity index (χ1) is 11.4. The van der Waals surface area contributed by atoms with Crippen molar-refractivity contribution in [2.45, 2.75) is 6.92 Å². The molecule has 0 saturated carbocycles. The maximum atomic E-state index is 13.6. The maximum absolute atomic E-state index is 13.6. The first-order valence-corrected chi connectivity index (χ1v) is 8.10. The van der Waals surface area contributed by atoms with Gasteiger partial charge in [-0.2, -0.15) is 0 Å². The third kappa shape index (κ3) is 4.31. The number of ketones is 1. The molecule has 11 heteroatoms. The van der Waals surface area contributed by atoms with Crippen LogP contribution < -0.4 is 0 Å². The van der Waals surface area contributed by atoms with Crippen molar-refractivity contribution in [3.05, 3.63) is 33.3 Å². The average molecular weight is 391 g/mol. The second-order valence-corrected chi connectivity index (χ2v) is 5.72. The number of ether oxygens (including phenoxy) is 1. The minimum atomic E-state index is -1.44. The second-order valence-electron chi connectivity index (χ2n) is 4.19. The predicted octanol–water partition coefficient (Wildman–Crippen LogP) is 3.14. The number of halogens is 3. The van der Waals surface area contributed by atoms with Crippen molar-refractivity contribution in [1.82, 2.24) is 15.2 Å². The lowest BCUT2D eigenvalue weighted by molar-refractivity contribution is -0.143. The van der Waals surface area contributed by atoms with Gasteiger partial charge in [0.1, 0.15) is 10.7 Å². The number of carbonyl (C=O) groups excluding carboxylic acids is 2. The smallest absolute Gasteiger partial charge is 0.322 e. The summed E-state index contributed by atoms with van der Waals surface area (Å²) >= 11 is 12.4. The number of hydrogen-bond donors (Lipinski definition) is 0. The fraction of sp³-hybridized carbons (Fsp3) is 0.231. The van der Waals surface area contributed by atoms with Gasteiger partial charge in [-0.1, -0.05) is 34.5 Å². The van der Waals surface area contributed by atoms with Crippen molar-refractivity contribution in [3.63, 3.8) is 0 Å². The summed E-state index contributed by atoms with van der Waals surface area (Å²) in [5.41, 5.74) is 1.13. The first-order valence-electron chi connectivity index (χ1n) is 6.46. The van der Waals surface area contributed by atoms with Crippen LogP contribution in [0.25, 0.3) is 0 Å². The van der Waals surface area contributed by atoms with Gasteiger partial charge in [0.25, 0.3) is 0 Å². The number of aliphatic imine (C=N–C) groups is 1. The Balaban J connectivity index is 2.37. The Morgan fingerprint density at radius 1 is 1.46 bits per heavy atom. The fourth-order valence-electron chi connectivity index (χ4n) is 1.62. The van der Waals surface area contributed by atoms with Crippen LogP contribution in [-0.4, -0.2) is 39.8 Å². The molecule has 0 radical (unpaired) electrons. The minimum Gasteiger partial charge on any atom is -0.465 e. The van der Waals surface area contributed by atoms with E-state index in [1.165, 1.54) is 5.51 Å². The van der Waals surface area contributed by atoms with Crippen LogP contribution in [0, 0.1) is 11.7 Å². The number of rotatable bonds is 6. The molecule has 0 aliphatic heterocycles. The second kappa shape index (κ2) is 8.22. The highest BCUT2D eigenvalue weighted by Crippen LogP contribution is 2.23. The largest absolute Gasteiger partial charge is 0.465 e. The van der Waals surface area contributed by atoms with Crippen molar-refractivity contribution >= 4 is 57.6 Å². The molecule has 2 rings (SSSR count). The summed E-state index contributed by atoms with van der Waals surface area (Å²) in [6, 6.07) is 0.811. The standard InChI is InChI=1S/C13H9Cl2FN4O3S/c1-2-23-12(22)7(4-17-13-20-18-5-24-13)9(21)6-3-8(16)11(15)19-10(6)14/h3-5,7H,2H2,1H3. The van der Waals surface area contributed by atoms with Gasteiger partial charge >= 0.3 is 5.97 Å². The molecule has 2 aromatic rings. The highest BCUT2D eigenvalue weighted by molar-refractivity contribution is 7.13. The van der Waals surface area contributed by atoms with E-state index < -0.39 is 28.6 Å². The maximum Gasteiger partial charge on any atom is 0.322 e. The highest BCUT2D eigenvalue weighted by Gasteiger charge is 2.30. The van der Waals surface area contributed by atoms with Crippen molar-refractivity contribution in [1.29, 1.82) is 0 Å². The number of carbonyl (C=O) groups is 2. The van der Waals surface area contributed by atoms with Gasteiger partial charge in [-0.3, -0.25) is 9.59 Å². The molecule has 1 atom stereocenters. The van der Waals surface area contributed by atoms with Crippen molar-refractivity contribution < 1.29 is 18.7 Å². The van der Waals surface area contributed by atoms with Gasteiger partial charge in [0.15, 0.2) is 22.7 Å². The molecule has 2 heterocycles. The Morgan fingerprint density at radius 3 is 2.83 bits per heavy atom. The molecule has 0 spiro atoms. The summed E-state index contributed by atoms with van der Waals surface area (Å²) in [5.74, 6) is -4.06. The van der Waals surface area contributed by atoms with Gasteiger partial charge in [-0.15, -0.1) is 10.2 Å². The summed E-state index contributed by atoms with van der Waals surface area (Å²) in [5, 5.41) is 6.67. The van der Waals surface area contributed by atoms with Crippen LogP contribution in [-0.2, 0) is 9.53 Å². The summed E-state index contributed by atoms with van der Waals surface area (Å²) in [7, 11) is 0. The fourth-order valence-corrected chi connectivity index (χ4v) is 2.43. The molecular formula is C13H9Cl2FN4O3S. The van der Waals surface area contributed by atoms with Crippen molar-refractivity contribution in [3.8, 4) is 0 Å². The van der Waals surface area contributed by atoms with Gasteiger partial charge in [0.2, 0.25) is 5.13 Å². The lowest BCUT2D eigenvalue weighted by Crippen LogP contribution is -2.28. The highest BCUT2D eigenvalue weighted by atomic mass is 35.5. The third-order valence-corrected chi connectivity index (χ3v) is 3.81. The Morgan fingerprint density at radius 2 is 2.21 bits per heavy atom. The minimum absolute atomic E-state index is 0.0518. The predicted molar refractivity (Wildman–Crippen MR) is 86.7 cm³/mol. The molecular weight excluding hydrogens is 382 g/mol. The normalized spacial score (nSPS) is 12.3. The van der Waals surface area contributed by atoms with Crippen LogP contribution in [0.3, 0.4) is 0 Å². The van der Waals surface area contributed by atoms with E-state index in [9.17, 15) is 14.0 Å². The van der Waals surface area contributed by atoms with E-state index in [4.69, 9.17) is 27.9 Å². The van der Waals surface area contributed by atoms with E-state index in [1.807, 2.05) is 0 Å². The molecule has 0 fully saturated rings. The first kappa shape index (κ1) is 18.4. The van der Waals surface area contributed by atoms with E-state index in [0.717, 1.165) is 23.6 Å². The van der Waals surface area contributed by atoms with E-state index in [1.54, 1.807) is 6.92 Å². The number of pyridine rings is 1. The Bertz CT molecular complexity index is 786. The molecule has 1 unspecified atom stereocenters. The number of hydrogen-bond acceptors (Lipinski definition) is 8. The Labute approximate surface area is 149 Å². The van der Waals surface area contributed by atoms with Gasteiger partial charge in [-0.25, -0.2) is 14.4 Å². The van der Waals surface area contributed by atoms with E-state index in [2.05, 4.69) is 20.2 Å². The molecule has 24 heavy (non-hydrogen) atoms. The molecule has 0 bridgehead atoms. The van der Waals surface area contributed by atoms with Crippen LogP contribution in [0.4, 0.5) is 9.52 Å². The lowest BCUT2D eigenvalue weighted by atomic mass is 10.00. The van der Waals surface area contributed by atoms with Gasteiger partial charge in [-0.05, 0) is 13.0 Å². The van der Waals surface area contributed by atoms with Crippen LogP contribution in [0.1, 0.15) is 17.3 Å². The molecule has 0 aliphatic carbocycles. The Kier molecular flexibility index (Phi) is 6.29. The molecule has 0 aromatic carbocycles. The summed E-state index contributed by atoms with van der Waals surface area (Å²) in [6.07, 6.45) is 1.05. The molecule has 0 aliphatic rings. The van der Waals surface area contributed by atoms with Gasteiger partial charge in [0.05, 0.1) is 12.2 Å². The van der Waals surface area contributed by atoms with Crippen molar-refractivity contribution in [2.75, 3.05) is 6.61 Å². The molecule has 0 saturated heterocycles. The van der Waals surface area contributed by atoms with Crippen molar-refractivity contribution in [2.24, 2.45) is 10.9 Å². The third-order valence-electron chi connectivity index (χ3n) is 2.66. The van der Waals surface area contributed by atoms with Gasteiger partial charge < -0.3 is 4.74 Å². The quantitative estimate of drug-likeness (QED) is 0.247. The molecule has 0 amide bonds. The SMILES string of the molecule is CCOC(=O)C(C=Nc1nncs1)C(=O)c1cc(F)c(Cl)nc1Cl. The molecule has 7 nitrogen and oxygen atoms in total. The number of nitrogens with zero attached hydrogens (tertiary/aromatic N) is 4. The molecule has 2 aromatic heterocycles. The molecule has 126 valence electrons. The summed E-state index contributed by atoms with van der Waals surface area (Å²) in [4.78, 5) is 32.0. The summed E-state index contributed by atoms with van der Waals surface area (Å²) < 4.78 is 18.4. The van der Waals surface area contributed by atoms with E-state index >= 15 is 0 Å². The Hall–Kier alpha value is -1.97. The van der Waals surface area contributed by atoms with Crippen LogP contribution in [0.15, 0.2) is 16.6 Å². The number of aromatic nitrogens is 3. The average Bonchev–Trinajstić information content (AvgIpc) is 3.04. The zero-order valence-corrected chi connectivity index (χ0v) is 14.4. The van der Waals surface area contributed by atoms with E-state index in [-0.39, 0.29) is 22.5 Å². The van der Waals surface area contributed by atoms with Crippen LogP contribution in [0.2, 0.25) is 10.3 Å². The zero-order valence-electron chi connectivity index (χ0n) is 12.1. The lowest BCUT2D eigenvalue weighted by Gasteiger charge is -2.11. The van der Waals surface area contributed by atoms with E-state index in [0.29, 0.717) is 0 Å². The van der Waals surface area contributed by atoms with Crippen LogP contribution in [0.5, 0.6) is 0 Å². The molecule has 0 N–H and O–H groups in total. The number of Topliss-reactive ketones (excluding diaryl/α,β-unsaturated/α-hetero) is 1. The van der Waals surface area contributed by atoms with Gasteiger partial charge in [0, 0.05) is 6.21 Å². The zero-order chi connectivity index (χ0) is 17.7. The van der Waals surface area contributed by atoms with Crippen LogP contribution >= 0.6 is 34.5 Å².